The molecule has 0 nitrogen and oxygen atoms in total. The lowest BCUT2D eigenvalue weighted by Crippen LogP contribution is -1.74. The Morgan fingerprint density at radius 3 is 3.00 bits per heavy atom. The van der Waals surface area contributed by atoms with Crippen LogP contribution in [0.1, 0.15) is 18.9 Å². The largest absolute Gasteiger partial charge is 0.148 e. The molecule has 2 aromatic carbocycles. The van der Waals surface area contributed by atoms with Crippen LogP contribution in [0.3, 0.4) is 0 Å². The third-order valence-corrected chi connectivity index (χ3v) is 2.22. The van der Waals surface area contributed by atoms with Crippen molar-refractivity contribution < 1.29 is 0 Å². The number of hydrogen-bond donors (Lipinski definition) is 0. The van der Waals surface area contributed by atoms with Crippen LogP contribution in [0.2, 0.25) is 0 Å². The van der Waals surface area contributed by atoms with Crippen LogP contribution in [-0.4, -0.2) is 0 Å². The summed E-state index contributed by atoms with van der Waals surface area (Å²) in [6.45, 7) is 2.22. The normalized spacial score (nSPS) is 10.8. The maximum absolute atomic E-state index is 2.29. The van der Waals surface area contributed by atoms with Crippen LogP contribution in [0.5, 0.6) is 0 Å². The molecule has 0 aliphatic carbocycles. The second-order valence-corrected chi connectivity index (χ2v) is 3.24. The third kappa shape index (κ3) is 1.25. The summed E-state index contributed by atoms with van der Waals surface area (Å²) in [7, 11) is 0. The van der Waals surface area contributed by atoms with E-state index in [-0.39, 0.29) is 0 Å². The van der Waals surface area contributed by atoms with E-state index in [0.717, 1.165) is 0 Å². The minimum Gasteiger partial charge on any atom is -0.148 e. The molecule has 0 N–H and O–H groups in total. The molecule has 0 saturated heterocycles. The van der Waals surface area contributed by atoms with Crippen LogP contribution in [0, 0.1) is 0 Å². The molecule has 0 amide bonds. The van der Waals surface area contributed by atoms with Crippen molar-refractivity contribution in [2.45, 2.75) is 19.8 Å². The molecule has 62 valence electrons. The molecule has 0 aliphatic heterocycles. The predicted octanol–water partition coefficient (Wildman–Crippen LogP) is 3.51. The first-order valence-electron chi connectivity index (χ1n) is 4.54. The molecule has 0 atom stereocenters. The van der Waals surface area contributed by atoms with E-state index in [2.05, 4.69) is 43.3 Å². The molecule has 0 heterocycles. The highest BCUT2D eigenvalue weighted by molar-refractivity contribution is 5.85. The molecule has 0 radical (unpaired) electrons. The Hall–Kier alpha value is -1.17. The van der Waals surface area contributed by atoms with Crippen LogP contribution in [0.25, 0.3) is 10.8 Å². The molecule has 0 fully saturated rings. The fourth-order valence-electron chi connectivity index (χ4n) is 1.65. The third-order valence-electron chi connectivity index (χ3n) is 2.22. The number of hydrogen-bond acceptors (Lipinski definition) is 0. The average molecular weight is 157 g/mol. The van der Waals surface area contributed by atoms with Gasteiger partial charge in [0.05, 0.1) is 0 Å². The second-order valence-electron chi connectivity index (χ2n) is 3.24. The maximum atomic E-state index is 2.29. The molecule has 0 heteroatoms. The molecule has 0 unspecified atom stereocenters. The Morgan fingerprint density at radius 2 is 2.25 bits per heavy atom. The van der Waals surface area contributed by atoms with Gasteiger partial charge in [-0.3, -0.25) is 0 Å². The lowest BCUT2D eigenvalue weighted by Gasteiger charge is -1.93. The summed E-state index contributed by atoms with van der Waals surface area (Å²) in [5.41, 5.74) is 1.47. The monoisotopic (exact) mass is 157 g/mol. The molecular weight excluding hydrogens is 144 g/mol. The highest BCUT2D eigenvalue weighted by Crippen LogP contribution is 2.19. The number of fused-ring (bicyclic) bond motifs is 1. The molecule has 2 rings (SSSR count). The van der Waals surface area contributed by atoms with Gasteiger partial charge in [-0.2, -0.15) is 0 Å². The van der Waals surface area contributed by atoms with Crippen molar-refractivity contribution in [3.63, 3.8) is 0 Å². The van der Waals surface area contributed by atoms with Crippen LogP contribution in [0.15, 0.2) is 36.4 Å². The van der Waals surface area contributed by atoms with Gasteiger partial charge in [-0.1, -0.05) is 25.2 Å². The van der Waals surface area contributed by atoms with Gasteiger partial charge < -0.3 is 0 Å². The average Bonchev–Trinajstić information content (AvgIpc) is 2.47. The molecule has 2 aromatic rings. The van der Waals surface area contributed by atoms with E-state index in [9.17, 15) is 0 Å². The number of rotatable bonds is 2. The number of benzene rings is 1. The summed E-state index contributed by atoms with van der Waals surface area (Å²) in [6, 6.07) is 13.1. The van der Waals surface area contributed by atoms with Crippen molar-refractivity contribution in [1.82, 2.24) is 0 Å². The van der Waals surface area contributed by atoms with Gasteiger partial charge >= 0.3 is 0 Å². The lowest BCUT2D eigenvalue weighted by atomic mass is 10.2. The van der Waals surface area contributed by atoms with Crippen molar-refractivity contribution in [3.8, 4) is 0 Å². The van der Waals surface area contributed by atoms with Crippen molar-refractivity contribution in [3.05, 3.63) is 42.0 Å². The van der Waals surface area contributed by atoms with Crippen molar-refractivity contribution in [2.24, 2.45) is 0 Å². The maximum Gasteiger partial charge on any atom is -0.0592 e. The first kappa shape index (κ1) is 7.48. The molecule has 0 aliphatic rings. The summed E-state index contributed by atoms with van der Waals surface area (Å²) in [5.74, 6) is 0. The Bertz CT molecular complexity index is 335. The predicted molar refractivity (Wildman–Crippen MR) is 53.5 cm³/mol. The minimum absolute atomic E-state index is 1.20. The smallest absolute Gasteiger partial charge is 0.0592 e. The van der Waals surface area contributed by atoms with Crippen LogP contribution >= 0.6 is 0 Å². The van der Waals surface area contributed by atoms with Crippen LogP contribution < -0.4 is 0 Å². The first-order valence-corrected chi connectivity index (χ1v) is 4.54. The Labute approximate surface area is 73.2 Å². The minimum atomic E-state index is 1.20. The van der Waals surface area contributed by atoms with Gasteiger partial charge in [-0.25, -0.2) is 0 Å². The molecule has 0 spiro atoms. The van der Waals surface area contributed by atoms with Gasteiger partial charge in [0.2, 0.25) is 0 Å². The summed E-state index contributed by atoms with van der Waals surface area (Å²) < 4.78 is 0. The highest BCUT2D eigenvalue weighted by Gasteiger charge is 1.89. The fraction of sp³-hybridized carbons (Fsp3) is 0.250. The molecule has 0 saturated carbocycles. The zero-order valence-electron chi connectivity index (χ0n) is 7.38. The van der Waals surface area contributed by atoms with Gasteiger partial charge in [0, 0.05) is 0 Å². The topological polar surface area (TPSA) is 0 Å². The summed E-state index contributed by atoms with van der Waals surface area (Å²) >= 11 is 0. The zero-order valence-corrected chi connectivity index (χ0v) is 7.38. The van der Waals surface area contributed by atoms with Crippen LogP contribution in [-0.2, 0) is 6.42 Å². The van der Waals surface area contributed by atoms with E-state index >= 15 is 0 Å². The van der Waals surface area contributed by atoms with Crippen molar-refractivity contribution in [1.29, 1.82) is 0 Å². The number of aryl methyl sites for hydroxylation is 1. The summed E-state index contributed by atoms with van der Waals surface area (Å²) in [4.78, 5) is 0. The molecule has 12 heavy (non-hydrogen) atoms. The second kappa shape index (κ2) is 3.06. The van der Waals surface area contributed by atoms with Crippen molar-refractivity contribution >= 4 is 10.8 Å². The standard InChI is InChI=1S/C12H13/c1-2-5-10-8-11-6-3-4-7-12(11)9-10/h3-4,6-9H,2,5H2,1H3/q-1. The quantitative estimate of drug-likeness (QED) is 0.585. The van der Waals surface area contributed by atoms with Gasteiger partial charge in [0.25, 0.3) is 0 Å². The van der Waals surface area contributed by atoms with Crippen LogP contribution in [0.4, 0.5) is 0 Å². The Morgan fingerprint density at radius 1 is 1.33 bits per heavy atom. The van der Waals surface area contributed by atoms with E-state index in [1.54, 1.807) is 0 Å². The summed E-state index contributed by atoms with van der Waals surface area (Å²) in [6.07, 6.45) is 2.44. The lowest BCUT2D eigenvalue weighted by molar-refractivity contribution is 0.927. The van der Waals surface area contributed by atoms with E-state index in [1.807, 2.05) is 0 Å². The zero-order chi connectivity index (χ0) is 8.39. The fourth-order valence-corrected chi connectivity index (χ4v) is 1.65. The SMILES string of the molecule is CCCc1cc2cccc[c-]2c1. The van der Waals surface area contributed by atoms with Crippen molar-refractivity contribution in [2.75, 3.05) is 0 Å². The summed E-state index contributed by atoms with van der Waals surface area (Å²) in [5, 5.41) is 2.75. The van der Waals surface area contributed by atoms with Gasteiger partial charge in [0.1, 0.15) is 0 Å². The van der Waals surface area contributed by atoms with E-state index in [1.165, 1.54) is 29.2 Å². The molecular formula is C12H13-. The van der Waals surface area contributed by atoms with E-state index in [4.69, 9.17) is 0 Å². The van der Waals surface area contributed by atoms with E-state index in [0.29, 0.717) is 0 Å². The van der Waals surface area contributed by atoms with Gasteiger partial charge in [-0.15, -0.1) is 47.3 Å². The highest BCUT2D eigenvalue weighted by atomic mass is 14.0. The first-order chi connectivity index (χ1) is 5.90. The molecule has 0 bridgehead atoms. The van der Waals surface area contributed by atoms with Gasteiger partial charge in [-0.05, 0) is 0 Å². The Kier molecular flexibility index (Phi) is 1.91. The van der Waals surface area contributed by atoms with Gasteiger partial charge in [0.15, 0.2) is 0 Å². The molecule has 0 aromatic heterocycles. The Balaban J connectivity index is 2.47. The van der Waals surface area contributed by atoms with E-state index < -0.39 is 0 Å².